The lowest BCUT2D eigenvalue weighted by Crippen LogP contribution is -2.43. The molecule has 2 aromatic carbocycles. The molecule has 0 spiro atoms. The first-order chi connectivity index (χ1) is 24.3. The van der Waals surface area contributed by atoms with Gasteiger partial charge in [-0.1, -0.05) is 43.4 Å². The first kappa shape index (κ1) is 35.5. The number of hydrogen-bond donors (Lipinski definition) is 1. The lowest BCUT2D eigenvalue weighted by Gasteiger charge is -2.40. The molecule has 2 aromatic heterocycles. The molecule has 14 heteroatoms. The van der Waals surface area contributed by atoms with Gasteiger partial charge in [0.2, 0.25) is 0 Å². The Kier molecular flexibility index (Phi) is 9.48. The first-order valence-corrected chi connectivity index (χ1v) is 22.6. The summed E-state index contributed by atoms with van der Waals surface area (Å²) in [6.45, 7) is 7.97. The van der Waals surface area contributed by atoms with E-state index in [0.29, 0.717) is 54.0 Å². The number of amides is 2. The Labute approximate surface area is 305 Å². The van der Waals surface area contributed by atoms with Gasteiger partial charge in [-0.3, -0.25) is 4.90 Å². The van der Waals surface area contributed by atoms with Crippen molar-refractivity contribution in [1.29, 1.82) is 5.26 Å². The van der Waals surface area contributed by atoms with Crippen molar-refractivity contribution in [2.45, 2.75) is 80.9 Å². The minimum atomic E-state index is -1.43. The summed E-state index contributed by atoms with van der Waals surface area (Å²) < 4.78 is 39.9. The number of carbonyl (C=O) groups excluding carboxylic acids is 1. The van der Waals surface area contributed by atoms with Crippen LogP contribution in [0, 0.1) is 28.9 Å². The van der Waals surface area contributed by atoms with Crippen LogP contribution >= 0.6 is 23.4 Å². The maximum atomic E-state index is 17.1. The molecule has 1 unspecified atom stereocenters. The summed E-state index contributed by atoms with van der Waals surface area (Å²) in [5.41, 5.74) is 2.39. The number of fused-ring (bicyclic) bond motifs is 4. The summed E-state index contributed by atoms with van der Waals surface area (Å²) >= 11 is 7.79. The molecule has 3 saturated heterocycles. The van der Waals surface area contributed by atoms with Crippen LogP contribution in [0.1, 0.15) is 49.0 Å². The summed E-state index contributed by atoms with van der Waals surface area (Å²) in [4.78, 5) is 34.1. The van der Waals surface area contributed by atoms with Crippen LogP contribution in [0.15, 0.2) is 35.4 Å². The Morgan fingerprint density at radius 3 is 2.67 bits per heavy atom. The highest BCUT2D eigenvalue weighted by Crippen LogP contribution is 2.54. The molecule has 4 atom stereocenters. The van der Waals surface area contributed by atoms with Gasteiger partial charge >= 0.3 is 12.2 Å². The van der Waals surface area contributed by atoms with E-state index in [1.165, 1.54) is 28.8 Å². The monoisotopic (exact) mass is 751 g/mol. The summed E-state index contributed by atoms with van der Waals surface area (Å²) in [6.07, 6.45) is 2.97. The fourth-order valence-electron chi connectivity index (χ4n) is 8.25. The molecule has 5 heterocycles. The Hall–Kier alpha value is -3.86. The van der Waals surface area contributed by atoms with Crippen LogP contribution in [0.5, 0.6) is 0 Å². The van der Waals surface area contributed by atoms with Gasteiger partial charge in [0, 0.05) is 61.1 Å². The molecule has 0 radical (unpaired) electrons. The van der Waals surface area contributed by atoms with E-state index in [1.807, 2.05) is 18.4 Å². The van der Waals surface area contributed by atoms with Crippen LogP contribution in [0.25, 0.3) is 32.9 Å². The predicted octanol–water partition coefficient (Wildman–Crippen LogP) is 9.50. The molecule has 51 heavy (non-hydrogen) atoms. The molecule has 2 amide bonds. The number of nitriles is 1. The topological polar surface area (TPSA) is 112 Å². The molecule has 1 aliphatic carbocycles. The molecular formula is C37H40ClF2N5O4SSi. The third-order valence-electron chi connectivity index (χ3n) is 10.7. The van der Waals surface area contributed by atoms with Gasteiger partial charge in [0.15, 0.2) is 5.82 Å². The number of hydrogen-bond acceptors (Lipinski definition) is 6. The zero-order valence-electron chi connectivity index (χ0n) is 29.0. The van der Waals surface area contributed by atoms with Gasteiger partial charge in [-0.05, 0) is 61.7 Å². The van der Waals surface area contributed by atoms with E-state index in [0.717, 1.165) is 23.5 Å². The quantitative estimate of drug-likeness (QED) is 0.134. The summed E-state index contributed by atoms with van der Waals surface area (Å²) in [5, 5.41) is 21.3. The van der Waals surface area contributed by atoms with Crippen LogP contribution in [-0.2, 0) is 11.2 Å². The van der Waals surface area contributed by atoms with Gasteiger partial charge < -0.3 is 19.3 Å². The number of nitrogens with zero attached hydrogens (tertiary/aromatic N) is 5. The van der Waals surface area contributed by atoms with Gasteiger partial charge in [0.25, 0.3) is 0 Å². The van der Waals surface area contributed by atoms with Gasteiger partial charge in [-0.15, -0.1) is 11.8 Å². The van der Waals surface area contributed by atoms with E-state index in [-0.39, 0.29) is 64.6 Å². The van der Waals surface area contributed by atoms with E-state index >= 15 is 4.39 Å². The lowest BCUT2D eigenvalue weighted by molar-refractivity contribution is 0.0985. The molecule has 4 aliphatic rings. The van der Waals surface area contributed by atoms with Crippen molar-refractivity contribution in [3.8, 4) is 17.2 Å². The highest BCUT2D eigenvalue weighted by Gasteiger charge is 2.56. The van der Waals surface area contributed by atoms with Crippen LogP contribution in [0.3, 0.4) is 0 Å². The van der Waals surface area contributed by atoms with Gasteiger partial charge in [0.1, 0.15) is 16.4 Å². The van der Waals surface area contributed by atoms with Crippen molar-refractivity contribution >= 4 is 65.4 Å². The normalized spacial score (nSPS) is 21.4. The maximum Gasteiger partial charge on any atom is 0.410 e. The molecule has 1 saturated carbocycles. The maximum absolute atomic E-state index is 17.1. The van der Waals surface area contributed by atoms with Crippen LogP contribution in [-0.4, -0.2) is 76.7 Å². The van der Waals surface area contributed by atoms with Crippen LogP contribution < -0.4 is 0 Å². The molecule has 4 fully saturated rings. The number of carbonyl (C=O) groups is 2. The average molecular weight is 752 g/mol. The number of halogens is 3. The Morgan fingerprint density at radius 2 is 1.98 bits per heavy atom. The number of rotatable bonds is 9. The van der Waals surface area contributed by atoms with Crippen molar-refractivity contribution < 1.29 is 28.2 Å². The second-order valence-corrected chi connectivity index (χ2v) is 21.8. The van der Waals surface area contributed by atoms with Gasteiger partial charge in [-0.2, -0.15) is 5.26 Å². The third-order valence-corrected chi connectivity index (χ3v) is 13.5. The summed E-state index contributed by atoms with van der Waals surface area (Å²) in [5.74, 6) is -1.32. The number of aryl methyl sites for hydroxylation is 1. The van der Waals surface area contributed by atoms with Crippen LogP contribution in [0.4, 0.5) is 18.4 Å². The third kappa shape index (κ3) is 6.12. The van der Waals surface area contributed by atoms with Crippen molar-refractivity contribution in [2.24, 2.45) is 5.92 Å². The molecule has 3 aliphatic heterocycles. The number of pyridine rings is 1. The van der Waals surface area contributed by atoms with Crippen LogP contribution in [0.2, 0.25) is 30.7 Å². The fourth-order valence-corrected chi connectivity index (χ4v) is 9.74. The molecule has 1 N–H and O–H groups in total. The van der Waals surface area contributed by atoms with E-state index in [9.17, 15) is 24.3 Å². The Bertz CT molecular complexity index is 2120. The zero-order chi connectivity index (χ0) is 36.4. The molecular weight excluding hydrogens is 712 g/mol. The smallest absolute Gasteiger partial charge is 0.410 e. The average Bonchev–Trinajstić information content (AvgIpc) is 3.87. The highest BCUT2D eigenvalue weighted by atomic mass is 35.5. The summed E-state index contributed by atoms with van der Waals surface area (Å²) in [7, 11) is -1.43. The minimum Gasteiger partial charge on any atom is -0.465 e. The number of likely N-dealkylation sites (tertiary alicyclic amines) is 1. The number of ether oxygens (including phenoxy) is 1. The number of thioether (sulfide) groups is 1. The van der Waals surface area contributed by atoms with Crippen molar-refractivity contribution in [1.82, 2.24) is 19.4 Å². The summed E-state index contributed by atoms with van der Waals surface area (Å²) in [6, 6.07) is 10.3. The molecule has 2 bridgehead atoms. The number of benzene rings is 2. The molecule has 4 aromatic rings. The lowest BCUT2D eigenvalue weighted by atomic mass is 9.79. The number of aromatic nitrogens is 2. The zero-order valence-corrected chi connectivity index (χ0v) is 31.6. The van der Waals surface area contributed by atoms with Gasteiger partial charge in [-0.25, -0.2) is 23.4 Å². The van der Waals surface area contributed by atoms with E-state index in [1.54, 1.807) is 11.0 Å². The van der Waals surface area contributed by atoms with E-state index in [2.05, 4.69) is 30.3 Å². The second-order valence-electron chi connectivity index (χ2n) is 15.0. The fraction of sp³-hybridized carbons (Fsp3) is 0.459. The van der Waals surface area contributed by atoms with Crippen molar-refractivity contribution in [2.75, 3.05) is 26.0 Å². The van der Waals surface area contributed by atoms with Crippen molar-refractivity contribution in [3.05, 3.63) is 58.2 Å². The number of carboxylic acid groups (broad SMARTS) is 1. The highest BCUT2D eigenvalue weighted by molar-refractivity contribution is 7.98. The van der Waals surface area contributed by atoms with E-state index < -0.39 is 25.8 Å². The SMILES string of the molecule is CSc1nc2c(F)c(-c3cccc(F)c3Cl)c(CCC#N)cc2c2c1cc(C1CCCN1C(=O)OCC[Si](C)(C)C)n2[C@H]1[C@@H]2C[C@H]1N(C(=O)O)C2. The minimum absolute atomic E-state index is 0.0354. The Morgan fingerprint density at radius 1 is 1.20 bits per heavy atom. The standard InChI is InChI=1S/C37H40ClF2N5O4SSi/c1-50-35-24-18-27(26-11-7-13-43(26)37(48)49-14-15-51(2,3)4)45(33-21-17-28(33)44(19-21)36(46)47)34(24)23-16-20(8-6-12-41)29(31(40)32(23)42-35)22-9-5-10-25(39)30(22)38/h5,9-10,16,18,21,26,28,33H,6-8,11,13-15,17,19H2,1-4H3,(H,46,47)/t21-,26?,28-,33+/m1/s1. The van der Waals surface area contributed by atoms with E-state index in [4.69, 9.17) is 21.3 Å². The Balaban J connectivity index is 1.47. The molecule has 9 nitrogen and oxygen atoms in total. The molecule has 8 rings (SSSR count). The second kappa shape index (κ2) is 13.6. The largest absolute Gasteiger partial charge is 0.465 e. The first-order valence-electron chi connectivity index (χ1n) is 17.3. The molecule has 268 valence electrons. The van der Waals surface area contributed by atoms with Gasteiger partial charge in [0.05, 0.1) is 41.3 Å². The predicted molar refractivity (Wildman–Crippen MR) is 197 cm³/mol. The van der Waals surface area contributed by atoms with Crippen molar-refractivity contribution in [3.63, 3.8) is 0 Å².